The van der Waals surface area contributed by atoms with Crippen LogP contribution in [0.15, 0.2) is 29.3 Å². The maximum Gasteiger partial charge on any atom is 0.160 e. The van der Waals surface area contributed by atoms with Crippen LogP contribution in [0.3, 0.4) is 0 Å². The highest BCUT2D eigenvalue weighted by Crippen LogP contribution is 2.44. The molecule has 1 aromatic carbocycles. The Morgan fingerprint density at radius 1 is 1.31 bits per heavy atom. The topological polar surface area (TPSA) is 15.6 Å². The van der Waals surface area contributed by atoms with E-state index in [9.17, 15) is 0 Å². The highest BCUT2D eigenvalue weighted by atomic mass is 32.2. The van der Waals surface area contributed by atoms with Crippen LogP contribution in [0, 0.1) is 0 Å². The number of hydrogen-bond donors (Lipinski definition) is 0. The quantitative estimate of drug-likeness (QED) is 0.680. The molecule has 1 fully saturated rings. The number of aliphatic imine (C=N–C) groups is 1. The third-order valence-electron chi connectivity index (χ3n) is 3.87. The standard InChI is InChI=1S/C13H14N2S/c1-2-4-10-9(3-1)5-6-11-12(10)15-7-8-16-13(15)14-11/h1-4,11-12H,5-8H2/t11-,12+/m0/s1. The van der Waals surface area contributed by atoms with E-state index in [1.807, 2.05) is 11.8 Å². The minimum absolute atomic E-state index is 0.526. The Hall–Kier alpha value is -0.960. The molecule has 16 heavy (non-hydrogen) atoms. The molecular formula is C13H14N2S. The maximum atomic E-state index is 4.88. The summed E-state index contributed by atoms with van der Waals surface area (Å²) in [6.45, 7) is 1.18. The smallest absolute Gasteiger partial charge is 0.160 e. The van der Waals surface area contributed by atoms with Gasteiger partial charge in [-0.1, -0.05) is 36.0 Å². The predicted molar refractivity (Wildman–Crippen MR) is 67.9 cm³/mol. The van der Waals surface area contributed by atoms with Crippen molar-refractivity contribution in [3.63, 3.8) is 0 Å². The van der Waals surface area contributed by atoms with Crippen molar-refractivity contribution in [2.75, 3.05) is 12.3 Å². The molecule has 1 saturated heterocycles. The van der Waals surface area contributed by atoms with Crippen LogP contribution in [0.25, 0.3) is 0 Å². The van der Waals surface area contributed by atoms with Crippen molar-refractivity contribution in [2.24, 2.45) is 4.99 Å². The predicted octanol–water partition coefficient (Wildman–Crippen LogP) is 2.46. The fraction of sp³-hybridized carbons (Fsp3) is 0.462. The van der Waals surface area contributed by atoms with Crippen LogP contribution in [-0.2, 0) is 6.42 Å². The molecule has 2 heterocycles. The zero-order valence-electron chi connectivity index (χ0n) is 9.10. The average Bonchev–Trinajstić information content (AvgIpc) is 2.88. The molecule has 2 nitrogen and oxygen atoms in total. The molecule has 0 aromatic heterocycles. The van der Waals surface area contributed by atoms with E-state index in [-0.39, 0.29) is 0 Å². The molecule has 2 aliphatic heterocycles. The molecule has 1 aromatic rings. The first-order valence-corrected chi connectivity index (χ1v) is 6.97. The average molecular weight is 230 g/mol. The lowest BCUT2D eigenvalue weighted by molar-refractivity contribution is 0.309. The molecule has 0 bridgehead atoms. The van der Waals surface area contributed by atoms with Crippen LogP contribution in [0.1, 0.15) is 23.6 Å². The molecule has 0 N–H and O–H groups in total. The van der Waals surface area contributed by atoms with E-state index in [0.717, 1.165) is 0 Å². The fourth-order valence-corrected chi connectivity index (χ4v) is 4.21. The van der Waals surface area contributed by atoms with Gasteiger partial charge in [-0.25, -0.2) is 0 Å². The second-order valence-electron chi connectivity index (χ2n) is 4.70. The van der Waals surface area contributed by atoms with Crippen LogP contribution < -0.4 is 0 Å². The normalized spacial score (nSPS) is 30.8. The van der Waals surface area contributed by atoms with E-state index >= 15 is 0 Å². The van der Waals surface area contributed by atoms with Gasteiger partial charge in [-0.3, -0.25) is 4.99 Å². The summed E-state index contributed by atoms with van der Waals surface area (Å²) in [6, 6.07) is 9.99. The first kappa shape index (κ1) is 9.11. The SMILES string of the molecule is c1ccc2c(c1)CC[C@@H]1N=C3SCCN3[C@H]21. The van der Waals surface area contributed by atoms with E-state index in [4.69, 9.17) is 4.99 Å². The zero-order chi connectivity index (χ0) is 10.5. The molecule has 0 radical (unpaired) electrons. The molecule has 0 amide bonds. The molecule has 0 saturated carbocycles. The molecular weight excluding hydrogens is 216 g/mol. The number of fused-ring (bicyclic) bond motifs is 5. The van der Waals surface area contributed by atoms with Crippen molar-refractivity contribution >= 4 is 16.9 Å². The van der Waals surface area contributed by atoms with Crippen molar-refractivity contribution in [1.82, 2.24) is 4.90 Å². The molecule has 3 heteroatoms. The number of aryl methyl sites for hydroxylation is 1. The van der Waals surface area contributed by atoms with Crippen LogP contribution in [0.2, 0.25) is 0 Å². The Kier molecular flexibility index (Phi) is 1.86. The zero-order valence-corrected chi connectivity index (χ0v) is 9.91. The highest BCUT2D eigenvalue weighted by Gasteiger charge is 2.42. The Labute approximate surface area is 99.7 Å². The number of hydrogen-bond acceptors (Lipinski definition) is 3. The number of benzene rings is 1. The van der Waals surface area contributed by atoms with Gasteiger partial charge in [-0.05, 0) is 24.0 Å². The number of rotatable bonds is 0. The van der Waals surface area contributed by atoms with Crippen LogP contribution in [0.5, 0.6) is 0 Å². The summed E-state index contributed by atoms with van der Waals surface area (Å²) in [4.78, 5) is 7.40. The summed E-state index contributed by atoms with van der Waals surface area (Å²) in [5.41, 5.74) is 3.07. The monoisotopic (exact) mass is 230 g/mol. The van der Waals surface area contributed by atoms with Crippen LogP contribution in [0.4, 0.5) is 0 Å². The van der Waals surface area contributed by atoms with E-state index in [1.54, 1.807) is 0 Å². The molecule has 82 valence electrons. The van der Waals surface area contributed by atoms with Gasteiger partial charge < -0.3 is 4.90 Å². The molecule has 3 aliphatic rings. The van der Waals surface area contributed by atoms with Gasteiger partial charge in [0.2, 0.25) is 0 Å². The second-order valence-corrected chi connectivity index (χ2v) is 5.77. The Morgan fingerprint density at radius 2 is 2.25 bits per heavy atom. The van der Waals surface area contributed by atoms with Crippen molar-refractivity contribution in [1.29, 1.82) is 0 Å². The Bertz CT molecular complexity index is 469. The fourth-order valence-electron chi connectivity index (χ4n) is 3.15. The first-order chi connectivity index (χ1) is 7.93. The van der Waals surface area contributed by atoms with Gasteiger partial charge in [-0.15, -0.1) is 0 Å². The van der Waals surface area contributed by atoms with Gasteiger partial charge in [0.1, 0.15) is 0 Å². The van der Waals surface area contributed by atoms with Gasteiger partial charge in [0, 0.05) is 12.3 Å². The van der Waals surface area contributed by atoms with Crippen LogP contribution >= 0.6 is 11.8 Å². The van der Waals surface area contributed by atoms with E-state index in [0.29, 0.717) is 12.1 Å². The maximum absolute atomic E-state index is 4.88. The van der Waals surface area contributed by atoms with Crippen LogP contribution in [-0.4, -0.2) is 28.4 Å². The molecule has 4 rings (SSSR count). The lowest BCUT2D eigenvalue weighted by atomic mass is 9.84. The van der Waals surface area contributed by atoms with Gasteiger partial charge >= 0.3 is 0 Å². The summed E-state index contributed by atoms with van der Waals surface area (Å²) in [5.74, 6) is 1.21. The molecule has 1 aliphatic carbocycles. The molecule has 0 spiro atoms. The van der Waals surface area contributed by atoms with E-state index in [1.165, 1.54) is 41.4 Å². The van der Waals surface area contributed by atoms with E-state index < -0.39 is 0 Å². The minimum atomic E-state index is 0.526. The highest BCUT2D eigenvalue weighted by molar-refractivity contribution is 8.14. The minimum Gasteiger partial charge on any atom is -0.341 e. The van der Waals surface area contributed by atoms with Gasteiger partial charge in [0.05, 0.1) is 12.1 Å². The second kappa shape index (κ2) is 3.27. The number of thioether (sulfide) groups is 1. The van der Waals surface area contributed by atoms with Gasteiger partial charge in [0.15, 0.2) is 5.17 Å². The summed E-state index contributed by atoms with van der Waals surface area (Å²) in [7, 11) is 0. The third kappa shape index (κ3) is 1.12. The summed E-state index contributed by atoms with van der Waals surface area (Å²) in [6.07, 6.45) is 2.43. The van der Waals surface area contributed by atoms with E-state index in [2.05, 4.69) is 29.2 Å². The first-order valence-electron chi connectivity index (χ1n) is 5.98. The molecule has 2 atom stereocenters. The van der Waals surface area contributed by atoms with Gasteiger partial charge in [-0.2, -0.15) is 0 Å². The molecule has 0 unspecified atom stereocenters. The lowest BCUT2D eigenvalue weighted by Crippen LogP contribution is -2.33. The number of nitrogens with zero attached hydrogens (tertiary/aromatic N) is 2. The summed E-state index contributed by atoms with van der Waals surface area (Å²) >= 11 is 1.93. The lowest BCUT2D eigenvalue weighted by Gasteiger charge is -2.32. The van der Waals surface area contributed by atoms with Crippen molar-refractivity contribution in [3.8, 4) is 0 Å². The summed E-state index contributed by atoms with van der Waals surface area (Å²) in [5, 5.41) is 1.30. The summed E-state index contributed by atoms with van der Waals surface area (Å²) < 4.78 is 0. The van der Waals surface area contributed by atoms with Crippen molar-refractivity contribution in [2.45, 2.75) is 24.9 Å². The largest absolute Gasteiger partial charge is 0.341 e. The van der Waals surface area contributed by atoms with Gasteiger partial charge in [0.25, 0.3) is 0 Å². The van der Waals surface area contributed by atoms with Crippen molar-refractivity contribution < 1.29 is 0 Å². The third-order valence-corrected chi connectivity index (χ3v) is 4.85. The Morgan fingerprint density at radius 3 is 3.25 bits per heavy atom. The Balaban J connectivity index is 1.83. The number of amidine groups is 1. The van der Waals surface area contributed by atoms with Crippen molar-refractivity contribution in [3.05, 3.63) is 35.4 Å².